The summed E-state index contributed by atoms with van der Waals surface area (Å²) in [5.41, 5.74) is 1.45. The standard InChI is InChI=1S/C21H25BrN2O3S/c1-16-5-11-20(12-6-16)28(26,27)24(19-9-7-18(22)8-10-19)15-21(25)23-13-3-4-17(2)14-23/h5-12,17H,3-4,13-15H2,1-2H3/t17-/m0/s1. The normalized spacial score (nSPS) is 17.4. The van der Waals surface area contributed by atoms with Crippen molar-refractivity contribution in [3.05, 3.63) is 58.6 Å². The summed E-state index contributed by atoms with van der Waals surface area (Å²) in [6, 6.07) is 13.7. The van der Waals surface area contributed by atoms with E-state index >= 15 is 0 Å². The van der Waals surface area contributed by atoms with Crippen molar-refractivity contribution in [2.75, 3.05) is 23.9 Å². The number of carbonyl (C=O) groups is 1. The van der Waals surface area contributed by atoms with Gasteiger partial charge in [-0.1, -0.05) is 40.5 Å². The molecule has 5 nitrogen and oxygen atoms in total. The molecule has 1 fully saturated rings. The molecule has 0 bridgehead atoms. The van der Waals surface area contributed by atoms with Gasteiger partial charge in [0.25, 0.3) is 10.0 Å². The summed E-state index contributed by atoms with van der Waals surface area (Å²) in [7, 11) is -3.86. The Morgan fingerprint density at radius 1 is 1.14 bits per heavy atom. The molecule has 1 aliphatic heterocycles. The third kappa shape index (κ3) is 4.75. The van der Waals surface area contributed by atoms with Crippen molar-refractivity contribution in [1.82, 2.24) is 4.90 Å². The number of hydrogen-bond donors (Lipinski definition) is 0. The van der Waals surface area contributed by atoms with Gasteiger partial charge in [0.1, 0.15) is 6.54 Å². The number of hydrogen-bond acceptors (Lipinski definition) is 3. The third-order valence-electron chi connectivity index (χ3n) is 5.01. The van der Waals surface area contributed by atoms with Crippen molar-refractivity contribution in [2.45, 2.75) is 31.6 Å². The lowest BCUT2D eigenvalue weighted by molar-refractivity contribution is -0.131. The minimum absolute atomic E-state index is 0.162. The first-order valence-corrected chi connectivity index (χ1v) is 11.6. The van der Waals surface area contributed by atoms with Crippen LogP contribution in [0.1, 0.15) is 25.3 Å². The number of aryl methyl sites for hydroxylation is 1. The van der Waals surface area contributed by atoms with Crippen LogP contribution >= 0.6 is 15.9 Å². The zero-order valence-corrected chi connectivity index (χ0v) is 18.5. The van der Waals surface area contributed by atoms with Crippen molar-refractivity contribution >= 4 is 37.5 Å². The Morgan fingerprint density at radius 2 is 1.79 bits per heavy atom. The summed E-state index contributed by atoms with van der Waals surface area (Å²) < 4.78 is 28.8. The lowest BCUT2D eigenvalue weighted by Gasteiger charge is -2.33. The zero-order chi connectivity index (χ0) is 20.3. The largest absolute Gasteiger partial charge is 0.341 e. The van der Waals surface area contributed by atoms with E-state index in [2.05, 4.69) is 22.9 Å². The second-order valence-corrected chi connectivity index (χ2v) is 10.2. The second-order valence-electron chi connectivity index (χ2n) is 7.39. The summed E-state index contributed by atoms with van der Waals surface area (Å²) in [6.45, 7) is 5.18. The SMILES string of the molecule is Cc1ccc(S(=O)(=O)N(CC(=O)N2CCC[C@H](C)C2)c2ccc(Br)cc2)cc1. The van der Waals surface area contributed by atoms with Gasteiger partial charge in [0.15, 0.2) is 0 Å². The van der Waals surface area contributed by atoms with Crippen LogP contribution in [-0.2, 0) is 14.8 Å². The van der Waals surface area contributed by atoms with Gasteiger partial charge in [-0.3, -0.25) is 9.10 Å². The fourth-order valence-corrected chi connectivity index (χ4v) is 5.08. The van der Waals surface area contributed by atoms with E-state index in [-0.39, 0.29) is 17.3 Å². The molecule has 7 heteroatoms. The molecule has 150 valence electrons. The molecule has 3 rings (SSSR count). The molecule has 0 spiro atoms. The predicted molar refractivity (Wildman–Crippen MR) is 115 cm³/mol. The maximum Gasteiger partial charge on any atom is 0.264 e. The average Bonchev–Trinajstić information content (AvgIpc) is 2.67. The van der Waals surface area contributed by atoms with Crippen LogP contribution in [0.3, 0.4) is 0 Å². The molecule has 2 aromatic rings. The van der Waals surface area contributed by atoms with Gasteiger partial charge in [0.2, 0.25) is 5.91 Å². The van der Waals surface area contributed by atoms with Gasteiger partial charge in [0.05, 0.1) is 10.6 Å². The fraction of sp³-hybridized carbons (Fsp3) is 0.381. The van der Waals surface area contributed by atoms with Crippen LogP contribution in [0.4, 0.5) is 5.69 Å². The summed E-state index contributed by atoms with van der Waals surface area (Å²) in [6.07, 6.45) is 2.05. The van der Waals surface area contributed by atoms with Gasteiger partial charge < -0.3 is 4.90 Å². The number of sulfonamides is 1. The first-order chi connectivity index (χ1) is 13.3. The van der Waals surface area contributed by atoms with E-state index in [9.17, 15) is 13.2 Å². The topological polar surface area (TPSA) is 57.7 Å². The monoisotopic (exact) mass is 464 g/mol. The van der Waals surface area contributed by atoms with Crippen LogP contribution in [0.2, 0.25) is 0 Å². The molecular weight excluding hydrogens is 440 g/mol. The highest BCUT2D eigenvalue weighted by Gasteiger charge is 2.30. The van der Waals surface area contributed by atoms with Crippen molar-refractivity contribution < 1.29 is 13.2 Å². The minimum atomic E-state index is -3.86. The Hall–Kier alpha value is -1.86. The lowest BCUT2D eigenvalue weighted by atomic mass is 10.0. The molecule has 1 heterocycles. The number of carbonyl (C=O) groups excluding carboxylic acids is 1. The van der Waals surface area contributed by atoms with Gasteiger partial charge >= 0.3 is 0 Å². The Labute approximate surface area is 175 Å². The van der Waals surface area contributed by atoms with Crippen molar-refractivity contribution in [3.8, 4) is 0 Å². The molecule has 2 aromatic carbocycles. The molecule has 1 amide bonds. The van der Waals surface area contributed by atoms with E-state index in [1.54, 1.807) is 53.4 Å². The van der Waals surface area contributed by atoms with Gasteiger partial charge in [-0.25, -0.2) is 8.42 Å². The molecule has 0 saturated carbocycles. The highest BCUT2D eigenvalue weighted by Crippen LogP contribution is 2.26. The number of nitrogens with zero attached hydrogens (tertiary/aromatic N) is 2. The molecule has 1 saturated heterocycles. The van der Waals surface area contributed by atoms with Crippen LogP contribution in [0.15, 0.2) is 57.9 Å². The Balaban J connectivity index is 1.94. The molecule has 0 aliphatic carbocycles. The predicted octanol–water partition coefficient (Wildman–Crippen LogP) is 4.21. The van der Waals surface area contributed by atoms with E-state index in [0.29, 0.717) is 24.7 Å². The zero-order valence-electron chi connectivity index (χ0n) is 16.1. The minimum Gasteiger partial charge on any atom is -0.341 e. The maximum absolute atomic E-state index is 13.4. The number of benzene rings is 2. The fourth-order valence-electron chi connectivity index (χ4n) is 3.40. The molecule has 1 atom stereocenters. The number of rotatable bonds is 5. The number of amides is 1. The highest BCUT2D eigenvalue weighted by atomic mass is 79.9. The van der Waals surface area contributed by atoms with Gasteiger partial charge in [-0.15, -0.1) is 0 Å². The number of anilines is 1. The van der Waals surface area contributed by atoms with E-state index in [4.69, 9.17) is 0 Å². The van der Waals surface area contributed by atoms with Gasteiger partial charge in [0, 0.05) is 17.6 Å². The number of halogens is 1. The van der Waals surface area contributed by atoms with E-state index in [1.807, 2.05) is 6.92 Å². The van der Waals surface area contributed by atoms with Crippen molar-refractivity contribution in [1.29, 1.82) is 0 Å². The molecule has 1 aliphatic rings. The van der Waals surface area contributed by atoms with Crippen molar-refractivity contribution in [2.24, 2.45) is 5.92 Å². The lowest BCUT2D eigenvalue weighted by Crippen LogP contribution is -2.46. The third-order valence-corrected chi connectivity index (χ3v) is 7.33. The first kappa shape index (κ1) is 20.9. The van der Waals surface area contributed by atoms with Crippen LogP contribution in [0, 0.1) is 12.8 Å². The van der Waals surface area contributed by atoms with Crippen LogP contribution < -0.4 is 4.31 Å². The molecule has 28 heavy (non-hydrogen) atoms. The van der Waals surface area contributed by atoms with E-state index in [1.165, 1.54) is 4.31 Å². The number of piperidine rings is 1. The summed E-state index contributed by atoms with van der Waals surface area (Å²) in [5, 5.41) is 0. The summed E-state index contributed by atoms with van der Waals surface area (Å²) in [4.78, 5) is 14.9. The molecule has 0 radical (unpaired) electrons. The van der Waals surface area contributed by atoms with Crippen LogP contribution in [0.25, 0.3) is 0 Å². The Bertz CT molecular complexity index is 927. The second kappa shape index (κ2) is 8.66. The van der Waals surface area contributed by atoms with Gasteiger partial charge in [-0.2, -0.15) is 0 Å². The molecule has 0 aromatic heterocycles. The van der Waals surface area contributed by atoms with Gasteiger partial charge in [-0.05, 0) is 62.1 Å². The average molecular weight is 465 g/mol. The Kier molecular flexibility index (Phi) is 6.45. The molecular formula is C21H25BrN2O3S. The van der Waals surface area contributed by atoms with E-state index < -0.39 is 10.0 Å². The van der Waals surface area contributed by atoms with Crippen LogP contribution in [-0.4, -0.2) is 38.9 Å². The highest BCUT2D eigenvalue weighted by molar-refractivity contribution is 9.10. The van der Waals surface area contributed by atoms with Crippen LogP contribution in [0.5, 0.6) is 0 Å². The maximum atomic E-state index is 13.4. The quantitative estimate of drug-likeness (QED) is 0.665. The molecule has 0 N–H and O–H groups in total. The van der Waals surface area contributed by atoms with E-state index in [0.717, 1.165) is 22.9 Å². The van der Waals surface area contributed by atoms with Crippen molar-refractivity contribution in [3.63, 3.8) is 0 Å². The first-order valence-electron chi connectivity index (χ1n) is 9.40. The Morgan fingerprint density at radius 3 is 2.39 bits per heavy atom. The summed E-state index contributed by atoms with van der Waals surface area (Å²) >= 11 is 3.37. The summed E-state index contributed by atoms with van der Waals surface area (Å²) in [5.74, 6) is 0.276. The number of likely N-dealkylation sites (tertiary alicyclic amines) is 1. The smallest absolute Gasteiger partial charge is 0.264 e. The molecule has 0 unspecified atom stereocenters.